The second-order valence-corrected chi connectivity index (χ2v) is 3.85. The van der Waals surface area contributed by atoms with Crippen molar-refractivity contribution in [1.29, 1.82) is 0 Å². The Morgan fingerprint density at radius 1 is 1.44 bits per heavy atom. The summed E-state index contributed by atoms with van der Waals surface area (Å²) in [4.78, 5) is 21.1. The summed E-state index contributed by atoms with van der Waals surface area (Å²) in [5.74, 6) is -0.221. The molecule has 0 saturated heterocycles. The highest BCUT2D eigenvalue weighted by Crippen LogP contribution is 2.20. The quantitative estimate of drug-likeness (QED) is 0.690. The molecule has 0 radical (unpaired) electrons. The molecule has 5 heteroatoms. The molecular weight excluding hydrogens is 234 g/mol. The second-order valence-electron chi connectivity index (χ2n) is 3.85. The molecule has 0 saturated carbocycles. The molecule has 18 heavy (non-hydrogen) atoms. The minimum Gasteiger partial charge on any atom is -0.494 e. The number of rotatable bonds is 8. The lowest BCUT2D eigenvalue weighted by molar-refractivity contribution is -0.137. The van der Waals surface area contributed by atoms with Gasteiger partial charge in [0.15, 0.2) is 0 Å². The van der Waals surface area contributed by atoms with Crippen LogP contribution in [0.5, 0.6) is 5.75 Å². The smallest absolute Gasteiger partial charge is 0.305 e. The molecule has 2 N–H and O–H groups in total. The first kappa shape index (κ1) is 14.0. The minimum absolute atomic E-state index is 0.145. The van der Waals surface area contributed by atoms with E-state index in [2.05, 4.69) is 5.32 Å². The van der Waals surface area contributed by atoms with Gasteiger partial charge in [-0.2, -0.15) is 0 Å². The summed E-state index contributed by atoms with van der Waals surface area (Å²) >= 11 is 0. The lowest BCUT2D eigenvalue weighted by atomic mass is 10.0. The summed E-state index contributed by atoms with van der Waals surface area (Å²) < 4.78 is 5.42. The molecule has 0 aliphatic heterocycles. The molecule has 0 aliphatic rings. The molecule has 0 heterocycles. The van der Waals surface area contributed by atoms with Crippen molar-refractivity contribution in [2.75, 3.05) is 6.61 Å². The fourth-order valence-electron chi connectivity index (χ4n) is 1.55. The molecular formula is C13H17NO4. The standard InChI is InChI=1S/C13H17NO4/c1-2-7-18-11-5-3-10(4-6-11)12(14-9-15)8-13(16)17/h3-6,9,12H,2,7-8H2,1H3,(H,14,15)(H,16,17)/t12-/m0/s1. The number of ether oxygens (including phenoxy) is 1. The summed E-state index contributed by atoms with van der Waals surface area (Å²) in [6, 6.07) is 6.54. The molecule has 1 aromatic carbocycles. The number of carbonyl (C=O) groups excluding carboxylic acids is 1. The van der Waals surface area contributed by atoms with Crippen molar-refractivity contribution in [2.24, 2.45) is 0 Å². The number of carbonyl (C=O) groups is 2. The van der Waals surface area contributed by atoms with Crippen molar-refractivity contribution >= 4 is 12.4 Å². The van der Waals surface area contributed by atoms with E-state index in [1.54, 1.807) is 24.3 Å². The van der Waals surface area contributed by atoms with E-state index >= 15 is 0 Å². The van der Waals surface area contributed by atoms with Crippen LogP contribution in [0.15, 0.2) is 24.3 Å². The zero-order valence-corrected chi connectivity index (χ0v) is 10.3. The van der Waals surface area contributed by atoms with Crippen LogP contribution in [-0.2, 0) is 9.59 Å². The topological polar surface area (TPSA) is 75.6 Å². The van der Waals surface area contributed by atoms with Crippen molar-refractivity contribution in [2.45, 2.75) is 25.8 Å². The van der Waals surface area contributed by atoms with Crippen LogP contribution in [0, 0.1) is 0 Å². The van der Waals surface area contributed by atoms with E-state index in [1.165, 1.54) is 0 Å². The fourth-order valence-corrected chi connectivity index (χ4v) is 1.55. The van der Waals surface area contributed by atoms with Crippen molar-refractivity contribution in [3.8, 4) is 5.75 Å². The van der Waals surface area contributed by atoms with Crippen molar-refractivity contribution in [3.05, 3.63) is 29.8 Å². The van der Waals surface area contributed by atoms with E-state index in [-0.39, 0.29) is 6.42 Å². The number of amides is 1. The van der Waals surface area contributed by atoms with Crippen LogP contribution >= 0.6 is 0 Å². The second kappa shape index (κ2) is 7.32. The fraction of sp³-hybridized carbons (Fsp3) is 0.385. The van der Waals surface area contributed by atoms with Crippen LogP contribution in [0.2, 0.25) is 0 Å². The summed E-state index contributed by atoms with van der Waals surface area (Å²) in [6.45, 7) is 2.66. The SMILES string of the molecule is CCCOc1ccc([C@H](CC(=O)O)NC=O)cc1. The molecule has 1 atom stereocenters. The first-order chi connectivity index (χ1) is 8.67. The Kier molecular flexibility index (Phi) is 5.70. The predicted molar refractivity (Wildman–Crippen MR) is 66.4 cm³/mol. The third-order valence-corrected chi connectivity index (χ3v) is 2.40. The lowest BCUT2D eigenvalue weighted by Crippen LogP contribution is -2.22. The molecule has 1 rings (SSSR count). The van der Waals surface area contributed by atoms with Crippen LogP contribution in [0.3, 0.4) is 0 Å². The third kappa shape index (κ3) is 4.45. The number of aliphatic carboxylic acids is 1. The molecule has 0 aliphatic carbocycles. The van der Waals surface area contributed by atoms with Crippen LogP contribution in [0.4, 0.5) is 0 Å². The highest BCUT2D eigenvalue weighted by atomic mass is 16.5. The van der Waals surface area contributed by atoms with Crippen LogP contribution < -0.4 is 10.1 Å². The van der Waals surface area contributed by atoms with E-state index < -0.39 is 12.0 Å². The number of hydrogen-bond acceptors (Lipinski definition) is 3. The van der Waals surface area contributed by atoms with Gasteiger partial charge < -0.3 is 15.2 Å². The number of carboxylic acid groups (broad SMARTS) is 1. The van der Waals surface area contributed by atoms with Gasteiger partial charge in [-0.1, -0.05) is 19.1 Å². The van der Waals surface area contributed by atoms with Gasteiger partial charge in [0.2, 0.25) is 6.41 Å². The number of nitrogens with one attached hydrogen (secondary N) is 1. The Hall–Kier alpha value is -2.04. The molecule has 0 spiro atoms. The zero-order valence-electron chi connectivity index (χ0n) is 10.3. The van der Waals surface area contributed by atoms with Gasteiger partial charge in [-0.3, -0.25) is 9.59 Å². The molecule has 0 aromatic heterocycles. The molecule has 98 valence electrons. The van der Waals surface area contributed by atoms with Gasteiger partial charge in [0.05, 0.1) is 19.1 Å². The maximum absolute atomic E-state index is 10.7. The average molecular weight is 251 g/mol. The summed E-state index contributed by atoms with van der Waals surface area (Å²) in [5.41, 5.74) is 0.744. The van der Waals surface area contributed by atoms with Gasteiger partial charge in [0.1, 0.15) is 5.75 Å². The van der Waals surface area contributed by atoms with E-state index in [9.17, 15) is 9.59 Å². The molecule has 0 bridgehead atoms. The van der Waals surface area contributed by atoms with Gasteiger partial charge in [-0.25, -0.2) is 0 Å². The summed E-state index contributed by atoms with van der Waals surface area (Å²) in [6.07, 6.45) is 1.29. The van der Waals surface area contributed by atoms with E-state index in [4.69, 9.17) is 9.84 Å². The monoisotopic (exact) mass is 251 g/mol. The first-order valence-electron chi connectivity index (χ1n) is 5.81. The van der Waals surface area contributed by atoms with E-state index in [1.807, 2.05) is 6.92 Å². The average Bonchev–Trinajstić information content (AvgIpc) is 2.36. The third-order valence-electron chi connectivity index (χ3n) is 2.40. The first-order valence-corrected chi connectivity index (χ1v) is 5.81. The van der Waals surface area contributed by atoms with E-state index in [0.29, 0.717) is 13.0 Å². The van der Waals surface area contributed by atoms with Gasteiger partial charge in [-0.15, -0.1) is 0 Å². The normalized spacial score (nSPS) is 11.6. The molecule has 1 amide bonds. The minimum atomic E-state index is -0.958. The van der Waals surface area contributed by atoms with E-state index in [0.717, 1.165) is 17.7 Å². The van der Waals surface area contributed by atoms with Crippen molar-refractivity contribution in [1.82, 2.24) is 5.32 Å². The van der Waals surface area contributed by atoms with Crippen molar-refractivity contribution in [3.63, 3.8) is 0 Å². The molecule has 0 fully saturated rings. The Morgan fingerprint density at radius 3 is 2.61 bits per heavy atom. The van der Waals surface area contributed by atoms with Gasteiger partial charge in [-0.05, 0) is 24.1 Å². The summed E-state index contributed by atoms with van der Waals surface area (Å²) in [7, 11) is 0. The highest BCUT2D eigenvalue weighted by Gasteiger charge is 2.14. The maximum atomic E-state index is 10.7. The van der Waals surface area contributed by atoms with Crippen LogP contribution in [0.1, 0.15) is 31.4 Å². The molecule has 0 unspecified atom stereocenters. The Labute approximate surface area is 106 Å². The van der Waals surface area contributed by atoms with Crippen LogP contribution in [0.25, 0.3) is 0 Å². The Bertz CT molecular complexity index is 388. The largest absolute Gasteiger partial charge is 0.494 e. The number of carboxylic acids is 1. The number of benzene rings is 1. The Morgan fingerprint density at radius 2 is 2.11 bits per heavy atom. The maximum Gasteiger partial charge on any atom is 0.305 e. The van der Waals surface area contributed by atoms with Gasteiger partial charge in [0.25, 0.3) is 0 Å². The predicted octanol–water partition coefficient (Wildman–Crippen LogP) is 1.74. The van der Waals surface area contributed by atoms with Gasteiger partial charge >= 0.3 is 5.97 Å². The Balaban J connectivity index is 2.73. The zero-order chi connectivity index (χ0) is 13.4. The van der Waals surface area contributed by atoms with Crippen molar-refractivity contribution < 1.29 is 19.4 Å². The number of hydrogen-bond donors (Lipinski definition) is 2. The summed E-state index contributed by atoms with van der Waals surface area (Å²) in [5, 5.41) is 11.3. The van der Waals surface area contributed by atoms with Crippen LogP contribution in [-0.4, -0.2) is 24.1 Å². The molecule has 5 nitrogen and oxygen atoms in total. The molecule has 1 aromatic rings. The van der Waals surface area contributed by atoms with Gasteiger partial charge in [0, 0.05) is 0 Å². The lowest BCUT2D eigenvalue weighted by Gasteiger charge is -2.14. The highest BCUT2D eigenvalue weighted by molar-refractivity contribution is 5.68.